The van der Waals surface area contributed by atoms with Crippen molar-refractivity contribution < 1.29 is 8.94 Å². The Bertz CT molecular complexity index is 825. The fourth-order valence-electron chi connectivity index (χ4n) is 2.40. The summed E-state index contributed by atoms with van der Waals surface area (Å²) >= 11 is 0. The molecule has 1 N–H and O–H groups in total. The maximum atomic E-state index is 5.93. The number of nitrogens with one attached hydrogen (secondary N) is 1. The van der Waals surface area contributed by atoms with E-state index in [4.69, 9.17) is 8.94 Å². The Morgan fingerprint density at radius 2 is 1.80 bits per heavy atom. The van der Waals surface area contributed by atoms with Gasteiger partial charge in [0.15, 0.2) is 5.82 Å². The third kappa shape index (κ3) is 4.17. The van der Waals surface area contributed by atoms with E-state index in [1.807, 2.05) is 19.1 Å². The first-order valence-corrected chi connectivity index (χ1v) is 8.56. The predicted molar refractivity (Wildman–Crippen MR) is 97.1 cm³/mol. The van der Waals surface area contributed by atoms with E-state index in [0.717, 1.165) is 22.9 Å². The molecule has 0 amide bonds. The average Bonchev–Trinajstić information content (AvgIpc) is 3.22. The van der Waals surface area contributed by atoms with Crippen LogP contribution in [0.2, 0.25) is 0 Å². The van der Waals surface area contributed by atoms with Gasteiger partial charge in [0.05, 0.1) is 12.6 Å². The number of benzene rings is 1. The van der Waals surface area contributed by atoms with E-state index in [1.165, 1.54) is 5.56 Å². The maximum Gasteiger partial charge on any atom is 0.243 e. The van der Waals surface area contributed by atoms with Crippen molar-refractivity contribution in [3.05, 3.63) is 59.4 Å². The van der Waals surface area contributed by atoms with E-state index in [1.54, 1.807) is 0 Å². The van der Waals surface area contributed by atoms with Crippen molar-refractivity contribution >= 4 is 0 Å². The van der Waals surface area contributed by atoms with Crippen LogP contribution in [0.1, 0.15) is 56.8 Å². The molecular weight excluding hydrogens is 314 g/mol. The summed E-state index contributed by atoms with van der Waals surface area (Å²) in [6.07, 6.45) is 0. The molecule has 0 saturated carbocycles. The van der Waals surface area contributed by atoms with Gasteiger partial charge in [0.2, 0.25) is 5.89 Å². The van der Waals surface area contributed by atoms with Gasteiger partial charge in [0.1, 0.15) is 11.5 Å². The van der Waals surface area contributed by atoms with Gasteiger partial charge in [-0.25, -0.2) is 0 Å². The molecule has 5 heteroatoms. The molecule has 0 radical (unpaired) electrons. The molecule has 0 aliphatic carbocycles. The smallest absolute Gasteiger partial charge is 0.243 e. The monoisotopic (exact) mass is 339 g/mol. The molecule has 1 aromatic carbocycles. The predicted octanol–water partition coefficient (Wildman–Crippen LogP) is 4.79. The van der Waals surface area contributed by atoms with Crippen LogP contribution in [0.15, 0.2) is 45.3 Å². The van der Waals surface area contributed by atoms with Gasteiger partial charge in [0, 0.05) is 11.0 Å². The molecule has 0 saturated heterocycles. The van der Waals surface area contributed by atoms with Gasteiger partial charge in [0.25, 0.3) is 0 Å². The third-order valence-electron chi connectivity index (χ3n) is 4.06. The van der Waals surface area contributed by atoms with E-state index in [2.05, 4.69) is 67.4 Å². The van der Waals surface area contributed by atoms with Gasteiger partial charge in [-0.1, -0.05) is 55.8 Å². The van der Waals surface area contributed by atoms with Crippen LogP contribution in [0.3, 0.4) is 0 Å². The van der Waals surface area contributed by atoms with E-state index >= 15 is 0 Å². The Balaban J connectivity index is 1.62. The molecule has 3 aromatic rings. The Kier molecular flexibility index (Phi) is 4.77. The van der Waals surface area contributed by atoms with Crippen LogP contribution in [-0.2, 0) is 12.0 Å². The molecule has 0 aliphatic rings. The molecule has 132 valence electrons. The number of furan rings is 1. The molecule has 0 bridgehead atoms. The summed E-state index contributed by atoms with van der Waals surface area (Å²) < 4.78 is 11.3. The minimum Gasteiger partial charge on any atom is -0.460 e. The first kappa shape index (κ1) is 17.4. The highest BCUT2D eigenvalue weighted by Gasteiger charge is 2.23. The summed E-state index contributed by atoms with van der Waals surface area (Å²) in [6, 6.07) is 12.2. The molecule has 3 rings (SSSR count). The number of hydrogen-bond donors (Lipinski definition) is 1. The Morgan fingerprint density at radius 1 is 1.08 bits per heavy atom. The third-order valence-corrected chi connectivity index (χ3v) is 4.06. The minimum absolute atomic E-state index is 0.0449. The largest absolute Gasteiger partial charge is 0.460 e. The summed E-state index contributed by atoms with van der Waals surface area (Å²) in [6.45, 7) is 10.9. The first-order valence-electron chi connectivity index (χ1n) is 8.56. The quantitative estimate of drug-likeness (QED) is 0.724. The first-order chi connectivity index (χ1) is 11.8. The lowest BCUT2D eigenvalue weighted by Crippen LogP contribution is -2.19. The van der Waals surface area contributed by atoms with Gasteiger partial charge in [-0.2, -0.15) is 4.98 Å². The number of aryl methyl sites for hydroxylation is 1. The van der Waals surface area contributed by atoms with Gasteiger partial charge in [-0.15, -0.1) is 0 Å². The molecule has 1 atom stereocenters. The topological polar surface area (TPSA) is 64.1 Å². The van der Waals surface area contributed by atoms with Crippen molar-refractivity contribution in [2.24, 2.45) is 0 Å². The number of aromatic nitrogens is 2. The second kappa shape index (κ2) is 6.84. The molecule has 2 heterocycles. The molecule has 0 aliphatic heterocycles. The average molecular weight is 339 g/mol. The molecule has 0 fully saturated rings. The van der Waals surface area contributed by atoms with Gasteiger partial charge < -0.3 is 8.94 Å². The summed E-state index contributed by atoms with van der Waals surface area (Å²) in [4.78, 5) is 4.48. The highest BCUT2D eigenvalue weighted by molar-refractivity contribution is 5.57. The van der Waals surface area contributed by atoms with Crippen molar-refractivity contribution in [2.45, 2.75) is 52.6 Å². The summed E-state index contributed by atoms with van der Waals surface area (Å²) in [5.74, 6) is 3.06. The van der Waals surface area contributed by atoms with E-state index in [0.29, 0.717) is 12.4 Å². The Labute approximate surface area is 148 Å². The number of nitrogens with zero attached hydrogens (tertiary/aromatic N) is 2. The minimum atomic E-state index is -0.120. The highest BCUT2D eigenvalue weighted by atomic mass is 16.5. The maximum absolute atomic E-state index is 5.93. The summed E-state index contributed by atoms with van der Waals surface area (Å²) in [7, 11) is 0. The lowest BCUT2D eigenvalue weighted by molar-refractivity contribution is 0.326. The second-order valence-electron chi connectivity index (χ2n) is 7.44. The molecular formula is C20H25N3O2. The van der Waals surface area contributed by atoms with Gasteiger partial charge >= 0.3 is 0 Å². The molecule has 1 unspecified atom stereocenters. The highest BCUT2D eigenvalue weighted by Crippen LogP contribution is 2.24. The van der Waals surface area contributed by atoms with E-state index in [9.17, 15) is 0 Å². The fourth-order valence-corrected chi connectivity index (χ4v) is 2.40. The molecule has 25 heavy (non-hydrogen) atoms. The second-order valence-corrected chi connectivity index (χ2v) is 7.44. The SMILES string of the molecule is Cc1ccc(-c2ccc(CNC(C)c3nc(C(C)(C)C)no3)o2)cc1. The lowest BCUT2D eigenvalue weighted by atomic mass is 9.96. The van der Waals surface area contributed by atoms with Crippen molar-refractivity contribution in [1.82, 2.24) is 15.5 Å². The van der Waals surface area contributed by atoms with Crippen LogP contribution in [-0.4, -0.2) is 10.1 Å². The number of hydrogen-bond acceptors (Lipinski definition) is 5. The zero-order valence-electron chi connectivity index (χ0n) is 15.5. The Morgan fingerprint density at radius 3 is 2.44 bits per heavy atom. The van der Waals surface area contributed by atoms with Crippen LogP contribution in [0.4, 0.5) is 0 Å². The zero-order valence-corrected chi connectivity index (χ0v) is 15.5. The molecule has 5 nitrogen and oxygen atoms in total. The van der Waals surface area contributed by atoms with Gasteiger partial charge in [-0.3, -0.25) is 5.32 Å². The normalized spacial score (nSPS) is 13.2. The number of rotatable bonds is 5. The van der Waals surface area contributed by atoms with Crippen molar-refractivity contribution in [3.63, 3.8) is 0 Å². The standard InChI is InChI=1S/C20H25N3O2/c1-13-6-8-15(9-7-13)17-11-10-16(24-17)12-21-14(2)18-22-19(23-25-18)20(3,4)5/h6-11,14,21H,12H2,1-5H3. The zero-order chi connectivity index (χ0) is 18.0. The van der Waals surface area contributed by atoms with Crippen LogP contribution < -0.4 is 5.32 Å². The van der Waals surface area contributed by atoms with E-state index in [-0.39, 0.29) is 11.5 Å². The summed E-state index contributed by atoms with van der Waals surface area (Å²) in [5.41, 5.74) is 2.20. The van der Waals surface area contributed by atoms with Crippen molar-refractivity contribution in [2.75, 3.05) is 0 Å². The van der Waals surface area contributed by atoms with Crippen LogP contribution in [0, 0.1) is 6.92 Å². The van der Waals surface area contributed by atoms with Crippen LogP contribution in [0.25, 0.3) is 11.3 Å². The van der Waals surface area contributed by atoms with Crippen molar-refractivity contribution in [3.8, 4) is 11.3 Å². The van der Waals surface area contributed by atoms with Crippen LogP contribution in [0.5, 0.6) is 0 Å². The van der Waals surface area contributed by atoms with Crippen LogP contribution >= 0.6 is 0 Å². The van der Waals surface area contributed by atoms with Gasteiger partial charge in [-0.05, 0) is 26.0 Å². The fraction of sp³-hybridized carbons (Fsp3) is 0.400. The van der Waals surface area contributed by atoms with Crippen molar-refractivity contribution in [1.29, 1.82) is 0 Å². The molecule has 2 aromatic heterocycles. The summed E-state index contributed by atoms with van der Waals surface area (Å²) in [5, 5.41) is 7.43. The lowest BCUT2D eigenvalue weighted by Gasteiger charge is -2.11. The van der Waals surface area contributed by atoms with E-state index < -0.39 is 0 Å². The molecule has 0 spiro atoms. The Hall–Kier alpha value is -2.40.